The lowest BCUT2D eigenvalue weighted by Gasteiger charge is -2.18. The maximum atomic E-state index is 5.73. The standard InChI is InChI=1S/C19H29N5O2.HI/c1-6-20-19(21-11-18-23-15(5)24-26-18)22-14(4)16-7-9-17(10-8-16)25-12-13(2)3;/h7-10,13-14H,6,11-12H2,1-5H3,(H2,20,21,22);1H. The third-order valence-electron chi connectivity index (χ3n) is 3.60. The molecule has 1 heterocycles. The molecule has 0 aliphatic carbocycles. The summed E-state index contributed by atoms with van der Waals surface area (Å²) in [4.78, 5) is 8.67. The first-order valence-electron chi connectivity index (χ1n) is 9.04. The molecule has 8 heteroatoms. The van der Waals surface area contributed by atoms with Crippen molar-refractivity contribution >= 4 is 29.9 Å². The lowest BCUT2D eigenvalue weighted by atomic mass is 10.1. The lowest BCUT2D eigenvalue weighted by molar-refractivity contribution is 0.271. The highest BCUT2D eigenvalue weighted by molar-refractivity contribution is 14.0. The number of guanidine groups is 1. The molecule has 1 unspecified atom stereocenters. The van der Waals surface area contributed by atoms with Gasteiger partial charge in [0.05, 0.1) is 12.6 Å². The van der Waals surface area contributed by atoms with Crippen molar-refractivity contribution < 1.29 is 9.26 Å². The molecule has 1 aromatic heterocycles. The number of ether oxygens (including phenoxy) is 1. The summed E-state index contributed by atoms with van der Waals surface area (Å²) in [5.41, 5.74) is 1.15. The molecule has 2 aromatic rings. The first kappa shape index (κ1) is 23.2. The summed E-state index contributed by atoms with van der Waals surface area (Å²) in [5.74, 6) is 3.22. The average Bonchev–Trinajstić information content (AvgIpc) is 3.04. The predicted molar refractivity (Wildman–Crippen MR) is 118 cm³/mol. The van der Waals surface area contributed by atoms with Gasteiger partial charge in [0.2, 0.25) is 5.89 Å². The predicted octanol–water partition coefficient (Wildman–Crippen LogP) is 3.85. The maximum Gasteiger partial charge on any atom is 0.248 e. The molecule has 0 bridgehead atoms. The van der Waals surface area contributed by atoms with E-state index < -0.39 is 0 Å². The van der Waals surface area contributed by atoms with Crippen molar-refractivity contribution in [2.24, 2.45) is 10.9 Å². The second kappa shape index (κ2) is 11.8. The molecule has 0 saturated heterocycles. The van der Waals surface area contributed by atoms with Crippen LogP contribution in [0.15, 0.2) is 33.8 Å². The zero-order valence-corrected chi connectivity index (χ0v) is 19.0. The van der Waals surface area contributed by atoms with Gasteiger partial charge in [-0.3, -0.25) is 0 Å². The minimum Gasteiger partial charge on any atom is -0.493 e. The third-order valence-corrected chi connectivity index (χ3v) is 3.60. The Balaban J connectivity index is 0.00000364. The van der Waals surface area contributed by atoms with Gasteiger partial charge in [0.15, 0.2) is 11.8 Å². The normalized spacial score (nSPS) is 12.4. The Morgan fingerprint density at radius 1 is 1.22 bits per heavy atom. The number of hydrogen-bond acceptors (Lipinski definition) is 5. The highest BCUT2D eigenvalue weighted by Crippen LogP contribution is 2.18. The van der Waals surface area contributed by atoms with Gasteiger partial charge in [-0.25, -0.2) is 4.99 Å². The third kappa shape index (κ3) is 8.15. The molecular formula is C19H30IN5O2. The van der Waals surface area contributed by atoms with Crippen molar-refractivity contribution in [3.8, 4) is 5.75 Å². The number of nitrogens with zero attached hydrogens (tertiary/aromatic N) is 3. The lowest BCUT2D eigenvalue weighted by Crippen LogP contribution is -2.38. The summed E-state index contributed by atoms with van der Waals surface area (Å²) < 4.78 is 10.8. The molecule has 1 aromatic carbocycles. The number of aliphatic imine (C=N–C) groups is 1. The number of aromatic nitrogens is 2. The van der Waals surface area contributed by atoms with E-state index in [1.54, 1.807) is 6.92 Å². The van der Waals surface area contributed by atoms with Crippen LogP contribution in [0.2, 0.25) is 0 Å². The van der Waals surface area contributed by atoms with Crippen molar-refractivity contribution in [3.05, 3.63) is 41.5 Å². The van der Waals surface area contributed by atoms with Crippen molar-refractivity contribution in [3.63, 3.8) is 0 Å². The van der Waals surface area contributed by atoms with Gasteiger partial charge in [-0.05, 0) is 44.4 Å². The molecule has 150 valence electrons. The van der Waals surface area contributed by atoms with E-state index >= 15 is 0 Å². The highest BCUT2D eigenvalue weighted by atomic mass is 127. The van der Waals surface area contributed by atoms with Crippen LogP contribution in [0.25, 0.3) is 0 Å². The first-order valence-corrected chi connectivity index (χ1v) is 9.04. The van der Waals surface area contributed by atoms with Crippen molar-refractivity contribution in [1.82, 2.24) is 20.8 Å². The second-order valence-electron chi connectivity index (χ2n) is 6.57. The summed E-state index contributed by atoms with van der Waals surface area (Å²) in [6.45, 7) is 12.0. The molecule has 0 aliphatic rings. The van der Waals surface area contributed by atoms with E-state index in [-0.39, 0.29) is 30.0 Å². The van der Waals surface area contributed by atoms with E-state index in [0.717, 1.165) is 24.5 Å². The Bertz CT molecular complexity index is 700. The van der Waals surface area contributed by atoms with E-state index in [1.807, 2.05) is 19.1 Å². The van der Waals surface area contributed by atoms with Crippen molar-refractivity contribution in [1.29, 1.82) is 0 Å². The fraction of sp³-hybridized carbons (Fsp3) is 0.526. The largest absolute Gasteiger partial charge is 0.493 e. The average molecular weight is 487 g/mol. The maximum absolute atomic E-state index is 5.73. The zero-order valence-electron chi connectivity index (χ0n) is 16.7. The van der Waals surface area contributed by atoms with Gasteiger partial charge in [0, 0.05) is 6.54 Å². The smallest absolute Gasteiger partial charge is 0.248 e. The zero-order chi connectivity index (χ0) is 18.9. The Morgan fingerprint density at radius 3 is 2.48 bits per heavy atom. The Hall–Kier alpha value is -1.84. The Kier molecular flexibility index (Phi) is 10.1. The van der Waals surface area contributed by atoms with Gasteiger partial charge >= 0.3 is 0 Å². The molecule has 0 amide bonds. The van der Waals surface area contributed by atoms with Crippen LogP contribution < -0.4 is 15.4 Å². The van der Waals surface area contributed by atoms with E-state index in [2.05, 4.69) is 58.7 Å². The topological polar surface area (TPSA) is 84.6 Å². The van der Waals surface area contributed by atoms with Crippen LogP contribution in [-0.4, -0.2) is 29.3 Å². The van der Waals surface area contributed by atoms with Crippen LogP contribution in [0.1, 0.15) is 51.0 Å². The fourth-order valence-electron chi connectivity index (χ4n) is 2.27. The summed E-state index contributed by atoms with van der Waals surface area (Å²) >= 11 is 0. The number of halogens is 1. The number of rotatable bonds is 8. The molecule has 0 fully saturated rings. The van der Waals surface area contributed by atoms with E-state index in [0.29, 0.717) is 30.1 Å². The van der Waals surface area contributed by atoms with Crippen LogP contribution in [0.3, 0.4) is 0 Å². The number of benzene rings is 1. The summed E-state index contributed by atoms with van der Waals surface area (Å²) in [7, 11) is 0. The minimum atomic E-state index is 0. The number of nitrogens with one attached hydrogen (secondary N) is 2. The molecule has 2 rings (SSSR count). The Labute approximate surface area is 178 Å². The van der Waals surface area contributed by atoms with Crippen LogP contribution in [0.4, 0.5) is 0 Å². The van der Waals surface area contributed by atoms with Gasteiger partial charge in [-0.2, -0.15) is 4.98 Å². The highest BCUT2D eigenvalue weighted by Gasteiger charge is 2.09. The summed E-state index contributed by atoms with van der Waals surface area (Å²) in [5, 5.41) is 10.4. The van der Waals surface area contributed by atoms with Crippen molar-refractivity contribution in [2.45, 2.75) is 47.2 Å². The van der Waals surface area contributed by atoms with Gasteiger partial charge in [0.1, 0.15) is 12.3 Å². The van der Waals surface area contributed by atoms with Crippen LogP contribution >= 0.6 is 24.0 Å². The van der Waals surface area contributed by atoms with Gasteiger partial charge in [-0.1, -0.05) is 31.1 Å². The van der Waals surface area contributed by atoms with E-state index in [9.17, 15) is 0 Å². The Morgan fingerprint density at radius 2 is 1.93 bits per heavy atom. The molecule has 0 radical (unpaired) electrons. The molecule has 0 aliphatic heterocycles. The molecule has 27 heavy (non-hydrogen) atoms. The monoisotopic (exact) mass is 487 g/mol. The molecule has 0 spiro atoms. The van der Waals surface area contributed by atoms with Crippen LogP contribution in [-0.2, 0) is 6.54 Å². The van der Waals surface area contributed by atoms with Gasteiger partial charge in [-0.15, -0.1) is 24.0 Å². The fourth-order valence-corrected chi connectivity index (χ4v) is 2.27. The SMILES string of the molecule is CCNC(=NCc1nc(C)no1)NC(C)c1ccc(OCC(C)C)cc1.I. The van der Waals surface area contributed by atoms with E-state index in [1.165, 1.54) is 0 Å². The summed E-state index contributed by atoms with van der Waals surface area (Å²) in [6, 6.07) is 8.23. The first-order chi connectivity index (χ1) is 12.5. The molecule has 2 N–H and O–H groups in total. The van der Waals surface area contributed by atoms with Crippen molar-refractivity contribution in [2.75, 3.05) is 13.2 Å². The van der Waals surface area contributed by atoms with Crippen LogP contribution in [0.5, 0.6) is 5.75 Å². The van der Waals surface area contributed by atoms with Gasteiger partial charge < -0.3 is 19.9 Å². The molecule has 0 saturated carbocycles. The summed E-state index contributed by atoms with van der Waals surface area (Å²) in [6.07, 6.45) is 0. The number of hydrogen-bond donors (Lipinski definition) is 2. The number of aryl methyl sites for hydroxylation is 1. The van der Waals surface area contributed by atoms with E-state index in [4.69, 9.17) is 9.26 Å². The molecular weight excluding hydrogens is 457 g/mol. The minimum absolute atomic E-state index is 0. The van der Waals surface area contributed by atoms with Gasteiger partial charge in [0.25, 0.3) is 0 Å². The van der Waals surface area contributed by atoms with Crippen LogP contribution in [0, 0.1) is 12.8 Å². The second-order valence-corrected chi connectivity index (χ2v) is 6.57. The quantitative estimate of drug-likeness (QED) is 0.335. The molecule has 7 nitrogen and oxygen atoms in total. The molecule has 1 atom stereocenters.